The fraction of sp³-hybridized carbons (Fsp3) is 0.227. The van der Waals surface area contributed by atoms with Gasteiger partial charge in [0.2, 0.25) is 5.91 Å². The van der Waals surface area contributed by atoms with Crippen LogP contribution in [0, 0.1) is 6.92 Å². The zero-order valence-corrected chi connectivity index (χ0v) is 16.6. The highest BCUT2D eigenvalue weighted by Gasteiger charge is 2.13. The summed E-state index contributed by atoms with van der Waals surface area (Å²) in [6.45, 7) is 1.62. The van der Waals surface area contributed by atoms with Crippen LogP contribution in [0.15, 0.2) is 59.4 Å². The second-order valence-electron chi connectivity index (χ2n) is 6.54. The lowest BCUT2D eigenvalue weighted by Crippen LogP contribution is -2.32. The molecule has 0 fully saturated rings. The predicted octanol–water partition coefficient (Wildman–Crippen LogP) is 2.80. The number of nitrogens with zero attached hydrogens (tertiary/aromatic N) is 2. The monoisotopic (exact) mass is 393 g/mol. The number of hydrogen-bond donors (Lipinski definition) is 1. The number of methoxy groups -OCH3 is 2. The van der Waals surface area contributed by atoms with Gasteiger partial charge in [0, 0.05) is 17.7 Å². The first-order valence-corrected chi connectivity index (χ1v) is 9.13. The molecule has 1 aromatic heterocycles. The maximum Gasteiger partial charge on any atom is 0.270 e. The van der Waals surface area contributed by atoms with Gasteiger partial charge in [0.05, 0.1) is 19.9 Å². The van der Waals surface area contributed by atoms with E-state index in [1.54, 1.807) is 51.5 Å². The van der Waals surface area contributed by atoms with E-state index >= 15 is 0 Å². The highest BCUT2D eigenvalue weighted by molar-refractivity contribution is 5.90. The van der Waals surface area contributed by atoms with Gasteiger partial charge in [0.25, 0.3) is 5.56 Å². The van der Waals surface area contributed by atoms with Gasteiger partial charge in [-0.3, -0.25) is 9.59 Å². The van der Waals surface area contributed by atoms with Crippen LogP contribution in [-0.2, 0) is 17.8 Å². The van der Waals surface area contributed by atoms with Crippen LogP contribution in [0.1, 0.15) is 16.8 Å². The number of ether oxygens (including phenoxy) is 2. The number of benzene rings is 2. The van der Waals surface area contributed by atoms with Gasteiger partial charge in [-0.15, -0.1) is 0 Å². The van der Waals surface area contributed by atoms with Crippen LogP contribution in [0.25, 0.3) is 0 Å². The van der Waals surface area contributed by atoms with Gasteiger partial charge in [-0.2, -0.15) is 5.10 Å². The number of amides is 1. The SMILES string of the molecule is COc1ccc(NC(=O)Cn2nc(C)cc(Cc3ccccc3OC)c2=O)cc1. The Morgan fingerprint density at radius 2 is 1.76 bits per heavy atom. The molecule has 1 N–H and O–H groups in total. The third kappa shape index (κ3) is 5.01. The Labute approximate surface area is 168 Å². The van der Waals surface area contributed by atoms with Crippen molar-refractivity contribution in [3.05, 3.63) is 81.8 Å². The predicted molar refractivity (Wildman–Crippen MR) is 111 cm³/mol. The minimum Gasteiger partial charge on any atom is -0.497 e. The number of para-hydroxylation sites is 1. The molecule has 0 aliphatic heterocycles. The summed E-state index contributed by atoms with van der Waals surface area (Å²) < 4.78 is 11.7. The summed E-state index contributed by atoms with van der Waals surface area (Å²) in [5.74, 6) is 1.07. The van der Waals surface area contributed by atoms with Gasteiger partial charge in [0.15, 0.2) is 0 Å². The summed E-state index contributed by atoms with van der Waals surface area (Å²) >= 11 is 0. The second kappa shape index (κ2) is 9.05. The first-order valence-electron chi connectivity index (χ1n) is 9.13. The van der Waals surface area contributed by atoms with Gasteiger partial charge in [0.1, 0.15) is 18.0 Å². The molecular weight excluding hydrogens is 370 g/mol. The average Bonchev–Trinajstić information content (AvgIpc) is 2.72. The Morgan fingerprint density at radius 1 is 1.03 bits per heavy atom. The molecule has 3 aromatic rings. The molecular formula is C22H23N3O4. The summed E-state index contributed by atoms with van der Waals surface area (Å²) in [7, 11) is 3.17. The smallest absolute Gasteiger partial charge is 0.270 e. The van der Waals surface area contributed by atoms with Crippen molar-refractivity contribution in [2.24, 2.45) is 0 Å². The van der Waals surface area contributed by atoms with E-state index in [9.17, 15) is 9.59 Å². The number of anilines is 1. The van der Waals surface area contributed by atoms with Crippen molar-refractivity contribution in [2.45, 2.75) is 19.9 Å². The van der Waals surface area contributed by atoms with Crippen LogP contribution in [0.3, 0.4) is 0 Å². The average molecular weight is 393 g/mol. The Bertz CT molecular complexity index is 1060. The largest absolute Gasteiger partial charge is 0.497 e. The number of carbonyl (C=O) groups excluding carboxylic acids is 1. The number of hydrogen-bond acceptors (Lipinski definition) is 5. The highest BCUT2D eigenvalue weighted by atomic mass is 16.5. The van der Waals surface area contributed by atoms with Crippen LogP contribution in [0.2, 0.25) is 0 Å². The van der Waals surface area contributed by atoms with E-state index in [-0.39, 0.29) is 18.0 Å². The van der Waals surface area contributed by atoms with Crippen LogP contribution in [0.4, 0.5) is 5.69 Å². The van der Waals surface area contributed by atoms with Gasteiger partial charge >= 0.3 is 0 Å². The molecule has 0 unspecified atom stereocenters. The van der Waals surface area contributed by atoms with Crippen molar-refractivity contribution in [3.63, 3.8) is 0 Å². The van der Waals surface area contributed by atoms with Gasteiger partial charge in [-0.1, -0.05) is 18.2 Å². The molecule has 0 bridgehead atoms. The second-order valence-corrected chi connectivity index (χ2v) is 6.54. The summed E-state index contributed by atoms with van der Waals surface area (Å²) in [6, 6.07) is 16.2. The third-order valence-electron chi connectivity index (χ3n) is 4.41. The number of aryl methyl sites for hydroxylation is 1. The van der Waals surface area contributed by atoms with Crippen molar-refractivity contribution in [1.82, 2.24) is 9.78 Å². The molecule has 0 saturated carbocycles. The molecule has 0 atom stereocenters. The molecule has 0 aliphatic rings. The van der Waals surface area contributed by atoms with E-state index in [0.29, 0.717) is 34.9 Å². The highest BCUT2D eigenvalue weighted by Crippen LogP contribution is 2.20. The van der Waals surface area contributed by atoms with Crippen molar-refractivity contribution in [1.29, 1.82) is 0 Å². The molecule has 1 heterocycles. The van der Waals surface area contributed by atoms with E-state index in [1.165, 1.54) is 4.68 Å². The minimum atomic E-state index is -0.335. The normalized spacial score (nSPS) is 10.4. The lowest BCUT2D eigenvalue weighted by atomic mass is 10.1. The molecule has 7 nitrogen and oxygen atoms in total. The van der Waals surface area contributed by atoms with Crippen LogP contribution < -0.4 is 20.3 Å². The van der Waals surface area contributed by atoms with Crippen LogP contribution in [0.5, 0.6) is 11.5 Å². The topological polar surface area (TPSA) is 82.4 Å². The fourth-order valence-electron chi connectivity index (χ4n) is 3.04. The quantitative estimate of drug-likeness (QED) is 0.667. The number of aromatic nitrogens is 2. The van der Waals surface area contributed by atoms with Crippen LogP contribution in [-0.4, -0.2) is 29.9 Å². The summed E-state index contributed by atoms with van der Waals surface area (Å²) in [6.07, 6.45) is 0.395. The maximum absolute atomic E-state index is 12.9. The molecule has 0 aliphatic carbocycles. The maximum atomic E-state index is 12.9. The van der Waals surface area contributed by atoms with E-state index in [2.05, 4.69) is 10.4 Å². The lowest BCUT2D eigenvalue weighted by Gasteiger charge is -2.11. The standard InChI is InChI=1S/C22H23N3O4/c1-15-12-17(13-16-6-4-5-7-20(16)29-3)22(27)25(24-15)14-21(26)23-18-8-10-19(28-2)11-9-18/h4-12H,13-14H2,1-3H3,(H,23,26). The van der Waals surface area contributed by atoms with Crippen molar-refractivity contribution < 1.29 is 14.3 Å². The van der Waals surface area contributed by atoms with Gasteiger partial charge in [-0.25, -0.2) is 4.68 Å². The Morgan fingerprint density at radius 3 is 2.45 bits per heavy atom. The van der Waals surface area contributed by atoms with E-state index < -0.39 is 0 Å². The minimum absolute atomic E-state index is 0.175. The molecule has 7 heteroatoms. The molecule has 3 rings (SSSR count). The molecule has 1 amide bonds. The Hall–Kier alpha value is -3.61. The summed E-state index contributed by atoms with van der Waals surface area (Å²) in [5.41, 5.74) is 2.43. The molecule has 150 valence electrons. The Balaban J connectivity index is 1.79. The molecule has 2 aromatic carbocycles. The fourth-order valence-corrected chi connectivity index (χ4v) is 3.04. The van der Waals surface area contributed by atoms with Crippen molar-refractivity contribution in [2.75, 3.05) is 19.5 Å². The molecule has 0 radical (unpaired) electrons. The number of carbonyl (C=O) groups is 1. The van der Waals surface area contributed by atoms with Gasteiger partial charge < -0.3 is 14.8 Å². The zero-order valence-electron chi connectivity index (χ0n) is 16.6. The molecule has 29 heavy (non-hydrogen) atoms. The van der Waals surface area contributed by atoms with Gasteiger partial charge in [-0.05, 0) is 48.9 Å². The van der Waals surface area contributed by atoms with E-state index in [1.807, 2.05) is 24.3 Å². The number of nitrogens with one attached hydrogen (secondary N) is 1. The first kappa shape index (κ1) is 20.1. The van der Waals surface area contributed by atoms with E-state index in [4.69, 9.17) is 9.47 Å². The molecule has 0 saturated heterocycles. The van der Waals surface area contributed by atoms with Crippen molar-refractivity contribution >= 4 is 11.6 Å². The van der Waals surface area contributed by atoms with E-state index in [0.717, 1.165) is 5.56 Å². The zero-order chi connectivity index (χ0) is 20.8. The summed E-state index contributed by atoms with van der Waals surface area (Å²) in [4.78, 5) is 25.3. The number of rotatable bonds is 7. The van der Waals surface area contributed by atoms with Crippen LogP contribution >= 0.6 is 0 Å². The Kier molecular flexibility index (Phi) is 6.29. The third-order valence-corrected chi connectivity index (χ3v) is 4.41. The summed E-state index contributed by atoms with van der Waals surface area (Å²) in [5, 5.41) is 6.98. The van der Waals surface area contributed by atoms with Crippen molar-refractivity contribution in [3.8, 4) is 11.5 Å². The molecule has 0 spiro atoms. The lowest BCUT2D eigenvalue weighted by molar-refractivity contribution is -0.117. The first-order chi connectivity index (χ1) is 14.0.